The molecule has 13 heteroatoms. The van der Waals surface area contributed by atoms with Crippen LogP contribution in [0, 0.1) is 6.92 Å². The second kappa shape index (κ2) is 12.6. The Kier molecular flexibility index (Phi) is 10.0. The van der Waals surface area contributed by atoms with E-state index in [1.54, 1.807) is 36.4 Å². The molecule has 0 unspecified atom stereocenters. The predicted octanol–water partition coefficient (Wildman–Crippen LogP) is 3.85. The summed E-state index contributed by atoms with van der Waals surface area (Å²) < 4.78 is 38.9. The van der Waals surface area contributed by atoms with Gasteiger partial charge >= 0.3 is 29.6 Å². The van der Waals surface area contributed by atoms with Crippen LogP contribution in [0.15, 0.2) is 75.8 Å². The first-order valence-corrected chi connectivity index (χ1v) is 13.3. The van der Waals surface area contributed by atoms with Gasteiger partial charge in [0.05, 0.1) is 17.3 Å². The van der Waals surface area contributed by atoms with Crippen LogP contribution >= 0.6 is 23.2 Å². The van der Waals surface area contributed by atoms with Crippen molar-refractivity contribution in [1.82, 2.24) is 0 Å². The van der Waals surface area contributed by atoms with E-state index in [-0.39, 0.29) is 56.5 Å². The minimum Gasteiger partial charge on any atom is -0.870 e. The summed E-state index contributed by atoms with van der Waals surface area (Å²) in [5.41, 5.74) is 0.0408. The van der Waals surface area contributed by atoms with Crippen LogP contribution in [0.5, 0.6) is 11.5 Å². The molecule has 0 saturated heterocycles. The van der Waals surface area contributed by atoms with Crippen LogP contribution in [0.25, 0.3) is 10.8 Å². The van der Waals surface area contributed by atoms with Crippen molar-refractivity contribution >= 4 is 67.1 Å². The molecule has 4 aromatic carbocycles. The Labute approximate surface area is 256 Å². The van der Waals surface area contributed by atoms with Crippen LogP contribution in [0.4, 0.5) is 17.1 Å². The molecule has 0 atom stereocenters. The van der Waals surface area contributed by atoms with Gasteiger partial charge in [0, 0.05) is 21.7 Å². The van der Waals surface area contributed by atoms with Crippen LogP contribution in [0.1, 0.15) is 22.8 Å². The third-order valence-corrected chi connectivity index (χ3v) is 6.85. The van der Waals surface area contributed by atoms with E-state index in [0.29, 0.717) is 34.4 Å². The first-order chi connectivity index (χ1) is 18.0. The molecule has 0 radical (unpaired) electrons. The number of anilines is 1. The molecular formula is C26H20Cl2N3NaO6S. The van der Waals surface area contributed by atoms with Crippen molar-refractivity contribution in [3.05, 3.63) is 81.8 Å². The van der Waals surface area contributed by atoms with Crippen molar-refractivity contribution < 1.29 is 57.2 Å². The van der Waals surface area contributed by atoms with Crippen LogP contribution in [-0.4, -0.2) is 25.5 Å². The van der Waals surface area contributed by atoms with E-state index in [1.807, 2.05) is 6.92 Å². The van der Waals surface area contributed by atoms with Gasteiger partial charge in [-0.05, 0) is 61.2 Å². The van der Waals surface area contributed by atoms with Gasteiger partial charge in [0.25, 0.3) is 16.0 Å². The summed E-state index contributed by atoms with van der Waals surface area (Å²) in [6.07, 6.45) is 0. The van der Waals surface area contributed by atoms with Crippen LogP contribution in [-0.2, 0) is 10.1 Å². The van der Waals surface area contributed by atoms with Gasteiger partial charge in [-0.25, -0.2) is 0 Å². The molecular weight excluding hydrogens is 576 g/mol. The summed E-state index contributed by atoms with van der Waals surface area (Å²) in [4.78, 5) is 12.6. The fourth-order valence-electron chi connectivity index (χ4n) is 3.76. The Morgan fingerprint density at radius 3 is 2.41 bits per heavy atom. The zero-order chi connectivity index (χ0) is 27.6. The van der Waals surface area contributed by atoms with Gasteiger partial charge in [-0.3, -0.25) is 9.35 Å². The van der Waals surface area contributed by atoms with E-state index in [9.17, 15) is 22.9 Å². The quantitative estimate of drug-likeness (QED) is 0.189. The predicted molar refractivity (Wildman–Crippen MR) is 144 cm³/mol. The van der Waals surface area contributed by atoms with Crippen LogP contribution in [0.3, 0.4) is 0 Å². The number of nitrogens with zero attached hydrogens (tertiary/aromatic N) is 2. The van der Waals surface area contributed by atoms with E-state index in [1.165, 1.54) is 25.1 Å². The number of carbonyl (C=O) groups excluding carboxylic acids is 1. The zero-order valence-corrected chi connectivity index (χ0v) is 25.4. The molecule has 0 aliphatic heterocycles. The number of hydrogen-bond donors (Lipinski definition) is 2. The maximum absolute atomic E-state index is 13.4. The standard InChI is InChI=1S/C26H21Cl2N3O6S.Na/c1-3-37-21-9-8-17(13-20(21)28)29-26(33)19-11-15-6-4-5-7-18(15)24(25(19)32)31-30-23-14(2)10-16(27)12-22(23)38(34,35)36;/h4-13,32H,3H2,1-2H3,(H,29,33)(H,34,35,36);/q;+1/p-1. The maximum Gasteiger partial charge on any atom is 1.00 e. The molecule has 196 valence electrons. The molecule has 0 saturated carbocycles. The minimum absolute atomic E-state index is 0. The van der Waals surface area contributed by atoms with Gasteiger partial charge in [0.2, 0.25) is 0 Å². The van der Waals surface area contributed by atoms with Gasteiger partial charge in [-0.1, -0.05) is 53.2 Å². The van der Waals surface area contributed by atoms with Crippen LogP contribution < -0.4 is 44.7 Å². The number of hydrogen-bond acceptors (Lipinski definition) is 7. The summed E-state index contributed by atoms with van der Waals surface area (Å²) in [7, 11) is -4.70. The molecule has 0 aliphatic carbocycles. The Balaban J connectivity index is 0.00000420. The molecule has 4 aromatic rings. The monoisotopic (exact) mass is 595 g/mol. The number of amides is 1. The number of fused-ring (bicyclic) bond motifs is 1. The van der Waals surface area contributed by atoms with Crippen molar-refractivity contribution in [1.29, 1.82) is 0 Å². The molecule has 0 fully saturated rings. The Morgan fingerprint density at radius 2 is 1.74 bits per heavy atom. The molecule has 2 N–H and O–H groups in total. The van der Waals surface area contributed by atoms with E-state index in [4.69, 9.17) is 27.9 Å². The fourth-order valence-corrected chi connectivity index (χ4v) is 5.05. The van der Waals surface area contributed by atoms with E-state index in [0.717, 1.165) is 6.07 Å². The van der Waals surface area contributed by atoms with E-state index < -0.39 is 26.7 Å². The Bertz CT molecular complexity index is 1710. The molecule has 39 heavy (non-hydrogen) atoms. The summed E-state index contributed by atoms with van der Waals surface area (Å²) in [6.45, 7) is 3.76. The molecule has 0 aliphatic rings. The maximum atomic E-state index is 13.4. The number of carbonyl (C=O) groups is 1. The minimum atomic E-state index is -4.70. The second-order valence-corrected chi connectivity index (χ2v) is 10.3. The number of ether oxygens (including phenoxy) is 1. The largest absolute Gasteiger partial charge is 1.00 e. The van der Waals surface area contributed by atoms with Gasteiger partial charge in [-0.15, -0.1) is 5.11 Å². The SMILES string of the molecule is CCOc1ccc(NC(=O)c2cc3ccccc3c(N=Nc3c(C)cc(Cl)cc3S(=O)(=O)O)c2[O-])cc1Cl.[Na+]. The van der Waals surface area contributed by atoms with Crippen molar-refractivity contribution in [2.75, 3.05) is 11.9 Å². The number of aryl methyl sites for hydroxylation is 1. The number of benzene rings is 4. The molecule has 0 aromatic heterocycles. The molecule has 9 nitrogen and oxygen atoms in total. The zero-order valence-electron chi connectivity index (χ0n) is 21.0. The number of halogens is 2. The van der Waals surface area contributed by atoms with E-state index in [2.05, 4.69) is 15.5 Å². The normalized spacial score (nSPS) is 11.4. The topological polar surface area (TPSA) is 140 Å². The Hall–Kier alpha value is -2.70. The fraction of sp³-hybridized carbons (Fsp3) is 0.115. The van der Waals surface area contributed by atoms with Gasteiger partial charge in [0.15, 0.2) is 0 Å². The average Bonchev–Trinajstić information content (AvgIpc) is 2.85. The first-order valence-electron chi connectivity index (χ1n) is 11.2. The molecule has 0 spiro atoms. The smallest absolute Gasteiger partial charge is 0.870 e. The van der Waals surface area contributed by atoms with Crippen molar-refractivity contribution in [2.24, 2.45) is 10.2 Å². The number of azo groups is 1. The summed E-state index contributed by atoms with van der Waals surface area (Å²) in [6, 6.07) is 15.3. The third-order valence-electron chi connectivity index (χ3n) is 5.47. The van der Waals surface area contributed by atoms with Gasteiger partial charge < -0.3 is 15.2 Å². The van der Waals surface area contributed by atoms with Gasteiger partial charge in [0.1, 0.15) is 16.3 Å². The third kappa shape index (κ3) is 6.90. The van der Waals surface area contributed by atoms with Crippen LogP contribution in [0.2, 0.25) is 10.0 Å². The summed E-state index contributed by atoms with van der Waals surface area (Å²) >= 11 is 12.2. The average molecular weight is 596 g/mol. The van der Waals surface area contributed by atoms with E-state index >= 15 is 0 Å². The number of rotatable bonds is 7. The molecule has 0 bridgehead atoms. The van der Waals surface area contributed by atoms with Crippen molar-refractivity contribution in [2.45, 2.75) is 18.7 Å². The Morgan fingerprint density at radius 1 is 1.05 bits per heavy atom. The molecule has 1 amide bonds. The second-order valence-electron chi connectivity index (χ2n) is 8.10. The van der Waals surface area contributed by atoms with Crippen molar-refractivity contribution in [3.63, 3.8) is 0 Å². The first kappa shape index (κ1) is 30.8. The molecule has 0 heterocycles. The molecule has 4 rings (SSSR count). The van der Waals surface area contributed by atoms with Crippen molar-refractivity contribution in [3.8, 4) is 11.5 Å². The number of nitrogens with one attached hydrogen (secondary N) is 1. The van der Waals surface area contributed by atoms with Gasteiger partial charge in [-0.2, -0.15) is 13.5 Å². The summed E-state index contributed by atoms with van der Waals surface area (Å²) in [5.74, 6) is -0.993. The summed E-state index contributed by atoms with van der Waals surface area (Å²) in [5, 5.41) is 25.3.